The Hall–Kier alpha value is -3.35. The topological polar surface area (TPSA) is 95.9 Å². The summed E-state index contributed by atoms with van der Waals surface area (Å²) in [5.74, 6) is -0.302. The molecule has 1 saturated heterocycles. The molecule has 7 heteroatoms. The summed E-state index contributed by atoms with van der Waals surface area (Å²) >= 11 is 0. The molecule has 7 nitrogen and oxygen atoms in total. The van der Waals surface area contributed by atoms with Crippen molar-refractivity contribution < 1.29 is 24.2 Å². The Morgan fingerprint density at radius 2 is 1.57 bits per heavy atom. The molecular weight excluding hydrogens is 444 g/mol. The van der Waals surface area contributed by atoms with Crippen LogP contribution in [0, 0.1) is 23.7 Å². The van der Waals surface area contributed by atoms with Crippen molar-refractivity contribution in [3.63, 3.8) is 0 Å². The average molecular weight is 475 g/mol. The fraction of sp³-hybridized carbons (Fsp3) is 0.464. The normalized spacial score (nSPS) is 28.2. The van der Waals surface area contributed by atoms with E-state index < -0.39 is 12.1 Å². The lowest BCUT2D eigenvalue weighted by atomic mass is 9.98. The van der Waals surface area contributed by atoms with E-state index in [1.807, 2.05) is 29.2 Å². The number of carbonyl (C=O) groups excluding carboxylic acids is 2. The monoisotopic (exact) mass is 474 g/mol. The van der Waals surface area contributed by atoms with Crippen LogP contribution in [0.1, 0.15) is 42.7 Å². The van der Waals surface area contributed by atoms with Gasteiger partial charge in [0.15, 0.2) is 0 Å². The fourth-order valence-corrected chi connectivity index (χ4v) is 6.67. The van der Waals surface area contributed by atoms with Crippen LogP contribution in [-0.2, 0) is 14.3 Å². The zero-order valence-electron chi connectivity index (χ0n) is 19.6. The number of aliphatic carboxylic acids is 1. The van der Waals surface area contributed by atoms with E-state index in [0.29, 0.717) is 26.1 Å². The second-order valence-electron chi connectivity index (χ2n) is 10.5. The van der Waals surface area contributed by atoms with E-state index in [9.17, 15) is 14.4 Å². The van der Waals surface area contributed by atoms with Crippen LogP contribution in [0.15, 0.2) is 48.5 Å². The molecule has 182 valence electrons. The van der Waals surface area contributed by atoms with Gasteiger partial charge in [-0.3, -0.25) is 9.59 Å². The highest BCUT2D eigenvalue weighted by Crippen LogP contribution is 2.52. The maximum absolute atomic E-state index is 12.7. The Labute approximate surface area is 204 Å². The summed E-state index contributed by atoms with van der Waals surface area (Å²) in [6.07, 6.45) is 2.59. The number of amides is 2. The van der Waals surface area contributed by atoms with Gasteiger partial charge in [-0.15, -0.1) is 0 Å². The van der Waals surface area contributed by atoms with Gasteiger partial charge in [0, 0.05) is 31.5 Å². The van der Waals surface area contributed by atoms with Crippen molar-refractivity contribution in [2.45, 2.75) is 37.6 Å². The van der Waals surface area contributed by atoms with Crippen LogP contribution >= 0.6 is 0 Å². The number of piperidine rings is 1. The van der Waals surface area contributed by atoms with Crippen LogP contribution in [0.25, 0.3) is 11.1 Å². The number of hydrogen-bond donors (Lipinski definition) is 2. The van der Waals surface area contributed by atoms with E-state index in [0.717, 1.165) is 19.3 Å². The number of likely N-dealkylation sites (tertiary alicyclic amines) is 1. The number of benzene rings is 2. The molecule has 0 spiro atoms. The summed E-state index contributed by atoms with van der Waals surface area (Å²) < 4.78 is 5.67. The second-order valence-corrected chi connectivity index (χ2v) is 10.5. The molecule has 1 heterocycles. The van der Waals surface area contributed by atoms with E-state index >= 15 is 0 Å². The number of carboxylic acids is 1. The summed E-state index contributed by atoms with van der Waals surface area (Å²) in [6.45, 7) is 1.45. The zero-order chi connectivity index (χ0) is 24.1. The third kappa shape index (κ3) is 4.07. The third-order valence-electron chi connectivity index (χ3n) is 8.50. The molecule has 0 aromatic heterocycles. The molecule has 2 aromatic carbocycles. The molecule has 35 heavy (non-hydrogen) atoms. The first-order valence-electron chi connectivity index (χ1n) is 12.6. The SMILES string of the molecule is O=C(NC1CCC(CC(=O)N2CC3C(C2)C3C(=O)O)C1)OCC1c2ccccc2-c2ccccc21. The lowest BCUT2D eigenvalue weighted by Gasteiger charge is -2.21. The Balaban J connectivity index is 0.972. The quantitative estimate of drug-likeness (QED) is 0.663. The summed E-state index contributed by atoms with van der Waals surface area (Å²) in [7, 11) is 0. The molecule has 2 aromatic rings. The van der Waals surface area contributed by atoms with Gasteiger partial charge in [-0.05, 0) is 59.3 Å². The lowest BCUT2D eigenvalue weighted by molar-refractivity contribution is -0.141. The lowest BCUT2D eigenvalue weighted by Crippen LogP contribution is -2.35. The largest absolute Gasteiger partial charge is 0.481 e. The maximum atomic E-state index is 12.7. The van der Waals surface area contributed by atoms with Crippen molar-refractivity contribution in [3.05, 3.63) is 59.7 Å². The summed E-state index contributed by atoms with van der Waals surface area (Å²) in [5.41, 5.74) is 4.79. The number of rotatable bonds is 6. The number of fused-ring (bicyclic) bond motifs is 4. The van der Waals surface area contributed by atoms with Gasteiger partial charge in [0.1, 0.15) is 6.61 Å². The minimum Gasteiger partial charge on any atom is -0.481 e. The van der Waals surface area contributed by atoms with Gasteiger partial charge >= 0.3 is 12.1 Å². The second kappa shape index (κ2) is 8.70. The van der Waals surface area contributed by atoms with Crippen molar-refractivity contribution in [3.8, 4) is 11.1 Å². The molecule has 3 fully saturated rings. The molecule has 4 aliphatic rings. The summed E-state index contributed by atoms with van der Waals surface area (Å²) in [4.78, 5) is 38.2. The first-order chi connectivity index (χ1) is 17.0. The Bertz CT molecular complexity index is 1120. The van der Waals surface area contributed by atoms with Crippen LogP contribution in [0.3, 0.4) is 0 Å². The molecule has 3 aliphatic carbocycles. The molecular formula is C28H30N2O5. The van der Waals surface area contributed by atoms with Crippen LogP contribution in [0.5, 0.6) is 0 Å². The first-order valence-corrected chi connectivity index (χ1v) is 12.6. The van der Waals surface area contributed by atoms with Crippen molar-refractivity contribution in [2.75, 3.05) is 19.7 Å². The molecule has 2 N–H and O–H groups in total. The number of hydrogen-bond acceptors (Lipinski definition) is 4. The van der Waals surface area contributed by atoms with Crippen LogP contribution < -0.4 is 5.32 Å². The predicted octanol–water partition coefficient (Wildman–Crippen LogP) is 3.87. The van der Waals surface area contributed by atoms with Gasteiger partial charge in [0.25, 0.3) is 0 Å². The molecule has 2 amide bonds. The van der Waals surface area contributed by atoms with Crippen LogP contribution in [-0.4, -0.2) is 53.7 Å². The van der Waals surface area contributed by atoms with Gasteiger partial charge in [0.05, 0.1) is 5.92 Å². The van der Waals surface area contributed by atoms with Crippen molar-refractivity contribution in [1.29, 1.82) is 0 Å². The summed E-state index contributed by atoms with van der Waals surface area (Å²) in [5, 5.41) is 12.2. The number of nitrogens with zero attached hydrogens (tertiary/aromatic N) is 1. The molecule has 6 rings (SSSR count). The highest BCUT2D eigenvalue weighted by atomic mass is 16.5. The van der Waals surface area contributed by atoms with Crippen molar-refractivity contribution in [1.82, 2.24) is 10.2 Å². The van der Waals surface area contributed by atoms with Crippen molar-refractivity contribution in [2.24, 2.45) is 23.7 Å². The molecule has 2 saturated carbocycles. The number of ether oxygens (including phenoxy) is 1. The van der Waals surface area contributed by atoms with E-state index in [1.165, 1.54) is 22.3 Å². The highest BCUT2D eigenvalue weighted by Gasteiger charge is 2.60. The molecule has 0 radical (unpaired) electrons. The van der Waals surface area contributed by atoms with Crippen LogP contribution in [0.2, 0.25) is 0 Å². The number of carbonyl (C=O) groups is 3. The maximum Gasteiger partial charge on any atom is 0.407 e. The Kier molecular flexibility index (Phi) is 5.50. The highest BCUT2D eigenvalue weighted by molar-refractivity contribution is 5.80. The first kappa shape index (κ1) is 22.1. The van der Waals surface area contributed by atoms with E-state index in [4.69, 9.17) is 9.84 Å². The van der Waals surface area contributed by atoms with Gasteiger partial charge < -0.3 is 20.1 Å². The van der Waals surface area contributed by atoms with E-state index in [2.05, 4.69) is 29.6 Å². The van der Waals surface area contributed by atoms with Crippen LogP contribution in [0.4, 0.5) is 4.79 Å². The zero-order valence-corrected chi connectivity index (χ0v) is 19.6. The molecule has 4 atom stereocenters. The number of nitrogens with one attached hydrogen (secondary N) is 1. The minimum absolute atomic E-state index is 0.0202. The predicted molar refractivity (Wildman–Crippen MR) is 129 cm³/mol. The summed E-state index contributed by atoms with van der Waals surface area (Å²) in [6, 6.07) is 16.6. The number of alkyl carbamates (subject to hydrolysis) is 1. The Morgan fingerprint density at radius 1 is 0.943 bits per heavy atom. The van der Waals surface area contributed by atoms with Gasteiger partial charge in [0.2, 0.25) is 5.91 Å². The standard InChI is InChI=1S/C28H30N2O5/c31-25(30-13-22-23(14-30)26(22)27(32)33)12-16-9-10-17(11-16)29-28(34)35-15-24-20-7-3-1-5-18(20)19-6-2-4-8-21(19)24/h1-8,16-17,22-24,26H,9-15H2,(H,29,34)(H,32,33). The van der Waals surface area contributed by atoms with Gasteiger partial charge in [-0.25, -0.2) is 4.79 Å². The number of carboxylic acid groups (broad SMARTS) is 1. The fourth-order valence-electron chi connectivity index (χ4n) is 6.67. The van der Waals surface area contributed by atoms with Gasteiger partial charge in [-0.2, -0.15) is 0 Å². The van der Waals surface area contributed by atoms with Gasteiger partial charge in [-0.1, -0.05) is 48.5 Å². The molecule has 0 bridgehead atoms. The van der Waals surface area contributed by atoms with E-state index in [-0.39, 0.29) is 41.5 Å². The molecule has 4 unspecified atom stereocenters. The third-order valence-corrected chi connectivity index (χ3v) is 8.50. The average Bonchev–Trinajstić information content (AvgIpc) is 3.17. The van der Waals surface area contributed by atoms with Crippen molar-refractivity contribution >= 4 is 18.0 Å². The Morgan fingerprint density at radius 3 is 2.20 bits per heavy atom. The van der Waals surface area contributed by atoms with E-state index in [1.54, 1.807) is 0 Å². The minimum atomic E-state index is -0.731. The smallest absolute Gasteiger partial charge is 0.407 e. The molecule has 1 aliphatic heterocycles.